The minimum atomic E-state index is -1.04. The Kier molecular flexibility index (Phi) is 7.75. The van der Waals surface area contributed by atoms with Gasteiger partial charge in [-0.3, -0.25) is 9.59 Å². The molecule has 1 rings (SSSR count). The van der Waals surface area contributed by atoms with E-state index in [4.69, 9.17) is 10.8 Å². The van der Waals surface area contributed by atoms with E-state index >= 15 is 0 Å². The van der Waals surface area contributed by atoms with Gasteiger partial charge >= 0.3 is 5.97 Å². The highest BCUT2D eigenvalue weighted by Crippen LogP contribution is 2.03. The zero-order valence-corrected chi connectivity index (χ0v) is 12.1. The molecule has 5 nitrogen and oxygen atoms in total. The van der Waals surface area contributed by atoms with Crippen molar-refractivity contribution in [3.05, 3.63) is 35.9 Å². The molecule has 0 aliphatic rings. The fraction of sp³-hybridized carbons (Fsp3) is 0.429. The number of carbonyl (C=O) groups excluding carboxylic acids is 1. The third-order valence-corrected chi connectivity index (χ3v) is 3.72. The maximum absolute atomic E-state index is 11.5. The van der Waals surface area contributed by atoms with Crippen molar-refractivity contribution in [2.75, 3.05) is 18.1 Å². The van der Waals surface area contributed by atoms with Crippen molar-refractivity contribution in [2.24, 2.45) is 5.73 Å². The zero-order chi connectivity index (χ0) is 14.8. The topological polar surface area (TPSA) is 92.4 Å². The molecular formula is C14H20N2O3S. The van der Waals surface area contributed by atoms with Gasteiger partial charge in [0.2, 0.25) is 5.91 Å². The van der Waals surface area contributed by atoms with Gasteiger partial charge in [-0.2, -0.15) is 0 Å². The molecule has 1 unspecified atom stereocenters. The molecule has 0 saturated heterocycles. The van der Waals surface area contributed by atoms with Crippen molar-refractivity contribution in [3.63, 3.8) is 0 Å². The molecule has 0 saturated carbocycles. The normalized spacial score (nSPS) is 11.8. The lowest BCUT2D eigenvalue weighted by Crippen LogP contribution is -2.33. The number of carboxylic acid groups (broad SMARTS) is 1. The van der Waals surface area contributed by atoms with Gasteiger partial charge in [0.05, 0.1) is 5.75 Å². The van der Waals surface area contributed by atoms with Gasteiger partial charge in [0.15, 0.2) is 0 Å². The summed E-state index contributed by atoms with van der Waals surface area (Å²) in [6.45, 7) is 0.624. The second-order valence-electron chi connectivity index (χ2n) is 4.40. The fourth-order valence-corrected chi connectivity index (χ4v) is 2.37. The highest BCUT2D eigenvalue weighted by atomic mass is 32.2. The molecule has 0 aliphatic carbocycles. The molecule has 0 spiro atoms. The molecule has 1 aromatic carbocycles. The minimum absolute atomic E-state index is 0.0827. The van der Waals surface area contributed by atoms with Crippen molar-refractivity contribution in [1.29, 1.82) is 0 Å². The van der Waals surface area contributed by atoms with Gasteiger partial charge in [-0.15, -0.1) is 11.8 Å². The van der Waals surface area contributed by atoms with Gasteiger partial charge in [-0.05, 0) is 18.4 Å². The van der Waals surface area contributed by atoms with E-state index in [9.17, 15) is 9.59 Å². The molecule has 20 heavy (non-hydrogen) atoms. The van der Waals surface area contributed by atoms with Gasteiger partial charge in [-0.1, -0.05) is 30.3 Å². The Bertz CT molecular complexity index is 426. The van der Waals surface area contributed by atoms with Crippen LogP contribution >= 0.6 is 11.8 Å². The number of hydrogen-bond donors (Lipinski definition) is 3. The van der Waals surface area contributed by atoms with Gasteiger partial charge in [0, 0.05) is 12.3 Å². The Hall–Kier alpha value is -1.53. The first-order valence-electron chi connectivity index (χ1n) is 6.46. The molecule has 0 radical (unpaired) electrons. The van der Waals surface area contributed by atoms with Crippen LogP contribution in [0.1, 0.15) is 12.0 Å². The molecule has 0 heterocycles. The molecule has 0 bridgehead atoms. The van der Waals surface area contributed by atoms with Crippen LogP contribution in [0.25, 0.3) is 0 Å². The van der Waals surface area contributed by atoms with Crippen molar-refractivity contribution in [1.82, 2.24) is 5.32 Å². The Morgan fingerprint density at radius 2 is 2.00 bits per heavy atom. The van der Waals surface area contributed by atoms with Crippen LogP contribution in [0.3, 0.4) is 0 Å². The van der Waals surface area contributed by atoms with Gasteiger partial charge in [0.25, 0.3) is 0 Å². The summed E-state index contributed by atoms with van der Waals surface area (Å²) in [4.78, 5) is 22.0. The minimum Gasteiger partial charge on any atom is -0.480 e. The van der Waals surface area contributed by atoms with Gasteiger partial charge in [0.1, 0.15) is 6.04 Å². The lowest BCUT2D eigenvalue weighted by molar-refractivity contribution is -0.138. The standard InChI is InChI=1S/C14H20N2O3S/c15-12(14(18)19)9-20-10-13(17)16-8-4-7-11-5-2-1-3-6-11/h1-3,5-6,12H,4,7-10,15H2,(H,16,17)(H,18,19). The lowest BCUT2D eigenvalue weighted by Gasteiger charge is -2.07. The lowest BCUT2D eigenvalue weighted by atomic mass is 10.1. The second kappa shape index (κ2) is 9.39. The Labute approximate surface area is 122 Å². The van der Waals surface area contributed by atoms with Crippen LogP contribution < -0.4 is 11.1 Å². The Morgan fingerprint density at radius 1 is 1.30 bits per heavy atom. The van der Waals surface area contributed by atoms with Crippen LogP contribution in [0.5, 0.6) is 0 Å². The van der Waals surface area contributed by atoms with Crippen LogP contribution in [-0.4, -0.2) is 41.1 Å². The molecule has 6 heteroatoms. The number of carboxylic acids is 1. The van der Waals surface area contributed by atoms with Crippen molar-refractivity contribution in [2.45, 2.75) is 18.9 Å². The van der Waals surface area contributed by atoms with Crippen LogP contribution in [0.4, 0.5) is 0 Å². The number of hydrogen-bond acceptors (Lipinski definition) is 4. The summed E-state index contributed by atoms with van der Waals surface area (Å²) in [6.07, 6.45) is 1.81. The van der Waals surface area contributed by atoms with Crippen LogP contribution in [0, 0.1) is 0 Å². The number of nitrogens with one attached hydrogen (secondary N) is 1. The second-order valence-corrected chi connectivity index (χ2v) is 5.43. The van der Waals surface area contributed by atoms with Crippen molar-refractivity contribution < 1.29 is 14.7 Å². The maximum Gasteiger partial charge on any atom is 0.321 e. The van der Waals surface area contributed by atoms with Crippen molar-refractivity contribution in [3.8, 4) is 0 Å². The number of thioether (sulfide) groups is 1. The number of amides is 1. The number of nitrogens with two attached hydrogens (primary N) is 1. The molecule has 0 fully saturated rings. The van der Waals surface area contributed by atoms with Crippen LogP contribution in [0.2, 0.25) is 0 Å². The van der Waals surface area contributed by atoms with E-state index in [1.807, 2.05) is 18.2 Å². The molecule has 1 aromatic rings. The van der Waals surface area contributed by atoms with Crippen LogP contribution in [0.15, 0.2) is 30.3 Å². The summed E-state index contributed by atoms with van der Waals surface area (Å²) < 4.78 is 0. The summed E-state index contributed by atoms with van der Waals surface area (Å²) in [6, 6.07) is 9.18. The number of aryl methyl sites for hydroxylation is 1. The average Bonchev–Trinajstić information content (AvgIpc) is 2.44. The summed E-state index contributed by atoms with van der Waals surface area (Å²) in [5, 5.41) is 11.4. The predicted molar refractivity (Wildman–Crippen MR) is 80.7 cm³/mol. The van der Waals surface area contributed by atoms with E-state index in [0.717, 1.165) is 12.8 Å². The zero-order valence-electron chi connectivity index (χ0n) is 11.2. The predicted octanol–water partition coefficient (Wildman–Crippen LogP) is 0.880. The molecule has 110 valence electrons. The summed E-state index contributed by atoms with van der Waals surface area (Å²) in [5.41, 5.74) is 6.59. The monoisotopic (exact) mass is 296 g/mol. The third-order valence-electron chi connectivity index (χ3n) is 2.65. The smallest absolute Gasteiger partial charge is 0.321 e. The number of carbonyl (C=O) groups is 2. The van der Waals surface area contributed by atoms with E-state index < -0.39 is 12.0 Å². The third kappa shape index (κ3) is 7.16. The molecular weight excluding hydrogens is 276 g/mol. The van der Waals surface area contributed by atoms with Gasteiger partial charge < -0.3 is 16.2 Å². The maximum atomic E-state index is 11.5. The van der Waals surface area contributed by atoms with Gasteiger partial charge in [-0.25, -0.2) is 0 Å². The quantitative estimate of drug-likeness (QED) is 0.588. The average molecular weight is 296 g/mol. The van der Waals surface area contributed by atoms with E-state index in [0.29, 0.717) is 6.54 Å². The summed E-state index contributed by atoms with van der Waals surface area (Å²) in [5.74, 6) is -0.638. The van der Waals surface area contributed by atoms with E-state index in [-0.39, 0.29) is 17.4 Å². The van der Waals surface area contributed by atoms with E-state index in [2.05, 4.69) is 17.4 Å². The fourth-order valence-electron chi connectivity index (χ4n) is 1.57. The highest BCUT2D eigenvalue weighted by Gasteiger charge is 2.11. The summed E-state index contributed by atoms with van der Waals surface area (Å²) in [7, 11) is 0. The van der Waals surface area contributed by atoms with E-state index in [1.165, 1.54) is 17.3 Å². The number of benzene rings is 1. The van der Waals surface area contributed by atoms with E-state index in [1.54, 1.807) is 0 Å². The molecule has 0 aromatic heterocycles. The number of aliphatic carboxylic acids is 1. The Morgan fingerprint density at radius 3 is 2.65 bits per heavy atom. The van der Waals surface area contributed by atoms with Crippen LogP contribution in [-0.2, 0) is 16.0 Å². The number of rotatable bonds is 9. The first kappa shape index (κ1) is 16.5. The highest BCUT2D eigenvalue weighted by molar-refractivity contribution is 8.00. The Balaban J connectivity index is 2.04. The summed E-state index contributed by atoms with van der Waals surface area (Å²) >= 11 is 1.23. The molecule has 1 atom stereocenters. The molecule has 4 N–H and O–H groups in total. The largest absolute Gasteiger partial charge is 0.480 e. The molecule has 1 amide bonds. The first-order chi connectivity index (χ1) is 9.59. The SMILES string of the molecule is NC(CSCC(=O)NCCCc1ccccc1)C(=O)O. The van der Waals surface area contributed by atoms with Crippen molar-refractivity contribution >= 4 is 23.6 Å². The molecule has 0 aliphatic heterocycles. The first-order valence-corrected chi connectivity index (χ1v) is 7.62.